The molecule has 0 saturated carbocycles. The van der Waals surface area contributed by atoms with Gasteiger partial charge in [-0.3, -0.25) is 0 Å². The van der Waals surface area contributed by atoms with Gasteiger partial charge in [0.1, 0.15) is 11.6 Å². The second kappa shape index (κ2) is 5.68. The maximum absolute atomic E-state index is 13.3. The van der Waals surface area contributed by atoms with Crippen LogP contribution >= 0.6 is 0 Å². The second-order valence-electron chi connectivity index (χ2n) is 3.90. The van der Waals surface area contributed by atoms with E-state index in [0.29, 0.717) is 30.2 Å². The van der Waals surface area contributed by atoms with Crippen LogP contribution in [0.1, 0.15) is 17.3 Å². The molecular formula is C12H13F2N3O. The van der Waals surface area contributed by atoms with Gasteiger partial charge in [-0.25, -0.2) is 8.78 Å². The van der Waals surface area contributed by atoms with Gasteiger partial charge >= 0.3 is 0 Å². The molecule has 0 bridgehead atoms. The van der Waals surface area contributed by atoms with E-state index in [1.807, 2.05) is 0 Å². The van der Waals surface area contributed by atoms with Crippen molar-refractivity contribution < 1.29 is 13.3 Å². The number of rotatable bonds is 5. The highest BCUT2D eigenvalue weighted by Crippen LogP contribution is 2.09. The average Bonchev–Trinajstić information content (AvgIpc) is 2.75. The van der Waals surface area contributed by atoms with Crippen LogP contribution in [0.15, 0.2) is 22.7 Å². The molecule has 0 unspecified atom stereocenters. The van der Waals surface area contributed by atoms with E-state index in [-0.39, 0.29) is 6.54 Å². The van der Waals surface area contributed by atoms with Crippen LogP contribution in [0.4, 0.5) is 8.78 Å². The third kappa shape index (κ3) is 3.33. The summed E-state index contributed by atoms with van der Waals surface area (Å²) in [6.45, 7) is 2.55. The smallest absolute Gasteiger partial charge is 0.227 e. The molecule has 18 heavy (non-hydrogen) atoms. The number of aryl methyl sites for hydroxylation is 1. The van der Waals surface area contributed by atoms with Gasteiger partial charge in [0.25, 0.3) is 0 Å². The summed E-state index contributed by atoms with van der Waals surface area (Å²) in [7, 11) is 0. The number of halogens is 2. The summed E-state index contributed by atoms with van der Waals surface area (Å²) in [5.74, 6) is 0.249. The first kappa shape index (κ1) is 12.6. The molecule has 96 valence electrons. The zero-order valence-electron chi connectivity index (χ0n) is 9.91. The third-order valence-electron chi connectivity index (χ3n) is 2.41. The fraction of sp³-hybridized carbons (Fsp3) is 0.333. The van der Waals surface area contributed by atoms with E-state index in [1.54, 1.807) is 6.92 Å². The Morgan fingerprint density at radius 3 is 2.89 bits per heavy atom. The number of hydrogen-bond donors (Lipinski definition) is 1. The molecule has 1 heterocycles. The van der Waals surface area contributed by atoms with Gasteiger partial charge in [0, 0.05) is 25.1 Å². The van der Waals surface area contributed by atoms with Crippen LogP contribution in [-0.2, 0) is 13.0 Å². The van der Waals surface area contributed by atoms with Crippen molar-refractivity contribution >= 4 is 0 Å². The summed E-state index contributed by atoms with van der Waals surface area (Å²) in [5.41, 5.74) is 0.303. The van der Waals surface area contributed by atoms with Crippen molar-refractivity contribution in [2.24, 2.45) is 0 Å². The molecule has 0 saturated heterocycles. The van der Waals surface area contributed by atoms with Crippen molar-refractivity contribution in [3.05, 3.63) is 47.1 Å². The van der Waals surface area contributed by atoms with Gasteiger partial charge in [-0.1, -0.05) is 5.16 Å². The lowest BCUT2D eigenvalue weighted by atomic mass is 10.2. The number of hydrogen-bond acceptors (Lipinski definition) is 4. The Bertz CT molecular complexity index is 528. The highest BCUT2D eigenvalue weighted by atomic mass is 19.1. The molecule has 1 aromatic carbocycles. The lowest BCUT2D eigenvalue weighted by Crippen LogP contribution is -2.17. The fourth-order valence-electron chi connectivity index (χ4n) is 1.54. The van der Waals surface area contributed by atoms with Crippen LogP contribution in [0.25, 0.3) is 0 Å². The van der Waals surface area contributed by atoms with E-state index >= 15 is 0 Å². The Morgan fingerprint density at radius 1 is 1.33 bits per heavy atom. The van der Waals surface area contributed by atoms with Crippen molar-refractivity contribution in [2.75, 3.05) is 6.54 Å². The molecule has 0 atom stereocenters. The highest BCUT2D eigenvalue weighted by Gasteiger charge is 2.05. The second-order valence-corrected chi connectivity index (χ2v) is 3.90. The number of nitrogens with zero attached hydrogens (tertiary/aromatic N) is 2. The Morgan fingerprint density at radius 2 is 2.17 bits per heavy atom. The number of nitrogens with one attached hydrogen (secondary N) is 1. The van der Waals surface area contributed by atoms with Crippen LogP contribution < -0.4 is 5.32 Å². The first-order valence-electron chi connectivity index (χ1n) is 5.59. The SMILES string of the molecule is Cc1noc(CCNCc2cc(F)ccc2F)n1. The fourth-order valence-corrected chi connectivity index (χ4v) is 1.54. The van der Waals surface area contributed by atoms with E-state index in [0.717, 1.165) is 12.1 Å². The topological polar surface area (TPSA) is 51.0 Å². The summed E-state index contributed by atoms with van der Waals surface area (Å²) in [6.07, 6.45) is 0.553. The largest absolute Gasteiger partial charge is 0.339 e. The van der Waals surface area contributed by atoms with Gasteiger partial charge < -0.3 is 9.84 Å². The quantitative estimate of drug-likeness (QED) is 0.828. The molecule has 0 spiro atoms. The first-order valence-corrected chi connectivity index (χ1v) is 5.59. The monoisotopic (exact) mass is 253 g/mol. The molecule has 0 fully saturated rings. The number of benzene rings is 1. The van der Waals surface area contributed by atoms with Gasteiger partial charge in [0.15, 0.2) is 5.82 Å². The normalized spacial score (nSPS) is 10.8. The summed E-state index contributed by atoms with van der Waals surface area (Å²) in [4.78, 5) is 4.04. The maximum atomic E-state index is 13.3. The van der Waals surface area contributed by atoms with Gasteiger partial charge in [-0.15, -0.1) is 0 Å². The number of aromatic nitrogens is 2. The highest BCUT2D eigenvalue weighted by molar-refractivity contribution is 5.18. The predicted molar refractivity (Wildman–Crippen MR) is 60.8 cm³/mol. The van der Waals surface area contributed by atoms with E-state index in [1.165, 1.54) is 6.07 Å². The van der Waals surface area contributed by atoms with E-state index < -0.39 is 11.6 Å². The summed E-state index contributed by atoms with van der Waals surface area (Å²) in [5, 5.41) is 6.65. The first-order chi connectivity index (χ1) is 8.65. The molecule has 0 radical (unpaired) electrons. The van der Waals surface area contributed by atoms with Crippen LogP contribution in [0, 0.1) is 18.6 Å². The van der Waals surface area contributed by atoms with E-state index in [2.05, 4.69) is 15.5 Å². The zero-order valence-corrected chi connectivity index (χ0v) is 9.91. The molecule has 0 aliphatic rings. The minimum atomic E-state index is -0.444. The lowest BCUT2D eigenvalue weighted by Gasteiger charge is -2.04. The van der Waals surface area contributed by atoms with E-state index in [9.17, 15) is 8.78 Å². The van der Waals surface area contributed by atoms with Crippen molar-refractivity contribution in [3.8, 4) is 0 Å². The van der Waals surface area contributed by atoms with Crippen LogP contribution in [0.3, 0.4) is 0 Å². The summed E-state index contributed by atoms with van der Waals surface area (Å²) in [6, 6.07) is 3.40. The third-order valence-corrected chi connectivity index (χ3v) is 2.41. The van der Waals surface area contributed by atoms with Gasteiger partial charge in [0.05, 0.1) is 0 Å². The van der Waals surface area contributed by atoms with Crippen molar-refractivity contribution in [2.45, 2.75) is 19.9 Å². The van der Waals surface area contributed by atoms with Crippen molar-refractivity contribution in [1.29, 1.82) is 0 Å². The zero-order chi connectivity index (χ0) is 13.0. The summed E-state index contributed by atoms with van der Waals surface area (Å²) < 4.78 is 31.1. The maximum Gasteiger partial charge on any atom is 0.227 e. The van der Waals surface area contributed by atoms with Crippen LogP contribution in [-0.4, -0.2) is 16.7 Å². The molecule has 4 nitrogen and oxygen atoms in total. The van der Waals surface area contributed by atoms with E-state index in [4.69, 9.17) is 4.52 Å². The Labute approximate surface area is 103 Å². The van der Waals surface area contributed by atoms with Gasteiger partial charge in [0.2, 0.25) is 5.89 Å². The van der Waals surface area contributed by atoms with Gasteiger partial charge in [-0.2, -0.15) is 4.98 Å². The molecular weight excluding hydrogens is 240 g/mol. The standard InChI is InChI=1S/C12H13F2N3O/c1-8-16-12(18-17-8)4-5-15-7-9-6-10(13)2-3-11(9)14/h2-3,6,15H,4-5,7H2,1H3. The molecule has 0 aliphatic carbocycles. The van der Waals surface area contributed by atoms with Crippen molar-refractivity contribution in [1.82, 2.24) is 15.5 Å². The summed E-state index contributed by atoms with van der Waals surface area (Å²) >= 11 is 0. The Hall–Kier alpha value is -1.82. The minimum absolute atomic E-state index is 0.261. The Balaban J connectivity index is 1.80. The van der Waals surface area contributed by atoms with Gasteiger partial charge in [-0.05, 0) is 25.1 Å². The minimum Gasteiger partial charge on any atom is -0.339 e. The average molecular weight is 253 g/mol. The molecule has 1 N–H and O–H groups in total. The Kier molecular flexibility index (Phi) is 3.99. The lowest BCUT2D eigenvalue weighted by molar-refractivity contribution is 0.372. The predicted octanol–water partition coefficient (Wildman–Crippen LogP) is 1.99. The molecule has 0 aliphatic heterocycles. The van der Waals surface area contributed by atoms with Crippen LogP contribution in [0.2, 0.25) is 0 Å². The molecule has 2 aromatic rings. The van der Waals surface area contributed by atoms with Crippen molar-refractivity contribution in [3.63, 3.8) is 0 Å². The van der Waals surface area contributed by atoms with Crippen LogP contribution in [0.5, 0.6) is 0 Å². The molecule has 2 rings (SSSR count). The molecule has 6 heteroatoms. The molecule has 1 aromatic heterocycles. The molecule has 0 amide bonds.